The van der Waals surface area contributed by atoms with Gasteiger partial charge in [0.05, 0.1) is 11.9 Å². The van der Waals surface area contributed by atoms with Gasteiger partial charge in [0, 0.05) is 13.1 Å². The molecule has 32 heavy (non-hydrogen) atoms. The Morgan fingerprint density at radius 3 is 2.28 bits per heavy atom. The van der Waals surface area contributed by atoms with Crippen LogP contribution in [-0.2, 0) is 26.2 Å². The summed E-state index contributed by atoms with van der Waals surface area (Å²) in [6, 6.07) is 14.0. The molecule has 8 heteroatoms. The first kappa shape index (κ1) is 25.4. The van der Waals surface area contributed by atoms with E-state index in [4.69, 9.17) is 0 Å². The predicted octanol–water partition coefficient (Wildman–Crippen LogP) is 3.01. The van der Waals surface area contributed by atoms with E-state index in [9.17, 15) is 18.0 Å². The molecule has 0 aliphatic rings. The minimum Gasteiger partial charge on any atom is -0.355 e. The lowest BCUT2D eigenvalue weighted by Gasteiger charge is -2.33. The molecule has 0 aromatic heterocycles. The molecule has 0 aliphatic heterocycles. The number of amides is 2. The van der Waals surface area contributed by atoms with Gasteiger partial charge in [-0.2, -0.15) is 0 Å². The minimum atomic E-state index is -3.73. The first-order chi connectivity index (χ1) is 15.1. The Bertz CT molecular complexity index is 1050. The topological polar surface area (TPSA) is 86.8 Å². The third-order valence-corrected chi connectivity index (χ3v) is 6.36. The molecule has 1 N–H and O–H groups in total. The number of nitrogens with zero attached hydrogens (tertiary/aromatic N) is 2. The minimum absolute atomic E-state index is 0.210. The number of rotatable bonds is 10. The smallest absolute Gasteiger partial charge is 0.244 e. The summed E-state index contributed by atoms with van der Waals surface area (Å²) in [5.74, 6) is -0.684. The van der Waals surface area contributed by atoms with E-state index in [0.717, 1.165) is 27.3 Å². The van der Waals surface area contributed by atoms with Crippen LogP contribution in [0.15, 0.2) is 48.5 Å². The van der Waals surface area contributed by atoms with Crippen LogP contribution in [0.3, 0.4) is 0 Å². The highest BCUT2D eigenvalue weighted by Gasteiger charge is 2.31. The summed E-state index contributed by atoms with van der Waals surface area (Å²) in [7, 11) is -3.73. The van der Waals surface area contributed by atoms with Gasteiger partial charge in [0.15, 0.2) is 0 Å². The van der Waals surface area contributed by atoms with E-state index >= 15 is 0 Å². The molecule has 0 radical (unpaired) electrons. The number of anilines is 1. The van der Waals surface area contributed by atoms with E-state index < -0.39 is 22.0 Å². The second-order valence-electron chi connectivity index (χ2n) is 7.89. The summed E-state index contributed by atoms with van der Waals surface area (Å²) < 4.78 is 26.3. The van der Waals surface area contributed by atoms with Crippen molar-refractivity contribution in [3.63, 3.8) is 0 Å². The molecule has 0 fully saturated rings. The quantitative estimate of drug-likeness (QED) is 0.592. The zero-order valence-electron chi connectivity index (χ0n) is 19.5. The molecule has 2 rings (SSSR count). The van der Waals surface area contributed by atoms with Crippen LogP contribution in [0.1, 0.15) is 37.0 Å². The molecule has 1 atom stereocenters. The lowest BCUT2D eigenvalue weighted by Crippen LogP contribution is -2.52. The predicted molar refractivity (Wildman–Crippen MR) is 128 cm³/mol. The number of hydrogen-bond donors (Lipinski definition) is 1. The van der Waals surface area contributed by atoms with E-state index in [1.54, 1.807) is 25.1 Å². The zero-order chi connectivity index (χ0) is 23.9. The van der Waals surface area contributed by atoms with E-state index in [1.165, 1.54) is 4.90 Å². The van der Waals surface area contributed by atoms with Gasteiger partial charge in [-0.05, 0) is 44.4 Å². The first-order valence-corrected chi connectivity index (χ1v) is 12.6. The third-order valence-electron chi connectivity index (χ3n) is 5.24. The average Bonchev–Trinajstić information content (AvgIpc) is 2.72. The van der Waals surface area contributed by atoms with Crippen molar-refractivity contribution in [2.45, 2.75) is 46.7 Å². The Morgan fingerprint density at radius 2 is 1.72 bits per heavy atom. The number of likely N-dealkylation sites (N-methyl/N-ethyl adjacent to an activating group) is 1. The van der Waals surface area contributed by atoms with Gasteiger partial charge in [0.1, 0.15) is 12.6 Å². The fourth-order valence-corrected chi connectivity index (χ4v) is 4.56. The number of carbonyl (C=O) groups excluding carboxylic acids is 2. The van der Waals surface area contributed by atoms with Crippen molar-refractivity contribution in [2.24, 2.45) is 0 Å². The fourth-order valence-electron chi connectivity index (χ4n) is 3.66. The molecule has 0 spiro atoms. The highest BCUT2D eigenvalue weighted by molar-refractivity contribution is 7.92. The van der Waals surface area contributed by atoms with Crippen LogP contribution in [0.2, 0.25) is 0 Å². The number of sulfonamides is 1. The van der Waals surface area contributed by atoms with Crippen molar-refractivity contribution in [3.8, 4) is 0 Å². The molecule has 2 amide bonds. The van der Waals surface area contributed by atoms with Gasteiger partial charge in [-0.15, -0.1) is 0 Å². The van der Waals surface area contributed by atoms with Crippen LogP contribution < -0.4 is 9.62 Å². The summed E-state index contributed by atoms with van der Waals surface area (Å²) in [6.07, 6.45) is 1.49. The second-order valence-corrected chi connectivity index (χ2v) is 9.79. The summed E-state index contributed by atoms with van der Waals surface area (Å²) in [6.45, 7) is 7.69. The SMILES string of the molecule is CCNC(=O)[C@H](CC)N(Cc1cccc(C)c1)C(=O)CN(c1ccccc1C)S(C)(=O)=O. The Morgan fingerprint density at radius 1 is 1.03 bits per heavy atom. The Labute approximate surface area is 191 Å². The first-order valence-electron chi connectivity index (χ1n) is 10.7. The number of para-hydroxylation sites is 1. The fraction of sp³-hybridized carbons (Fsp3) is 0.417. The van der Waals surface area contributed by atoms with E-state index in [2.05, 4.69) is 5.32 Å². The number of hydrogen-bond acceptors (Lipinski definition) is 4. The second kappa shape index (κ2) is 11.1. The van der Waals surface area contributed by atoms with Crippen molar-refractivity contribution in [3.05, 3.63) is 65.2 Å². The highest BCUT2D eigenvalue weighted by Crippen LogP contribution is 2.23. The molecular formula is C24H33N3O4S. The van der Waals surface area contributed by atoms with Gasteiger partial charge in [0.25, 0.3) is 0 Å². The van der Waals surface area contributed by atoms with Crippen LogP contribution in [-0.4, -0.2) is 50.5 Å². The standard InChI is InChI=1S/C24H33N3O4S/c1-6-21(24(29)25-7-2)26(16-20-13-10-11-18(3)15-20)23(28)17-27(32(5,30)31)22-14-9-8-12-19(22)4/h8-15,21H,6-7,16-17H2,1-5H3,(H,25,29)/t21-/m0/s1. The number of carbonyl (C=O) groups is 2. The van der Waals surface area contributed by atoms with Gasteiger partial charge in [0.2, 0.25) is 21.8 Å². The summed E-state index contributed by atoms with van der Waals surface area (Å²) in [5, 5.41) is 2.79. The molecular weight excluding hydrogens is 426 g/mol. The molecule has 7 nitrogen and oxygen atoms in total. The summed E-state index contributed by atoms with van der Waals surface area (Å²) in [4.78, 5) is 27.8. The van der Waals surface area contributed by atoms with E-state index in [-0.39, 0.29) is 19.0 Å². The molecule has 0 saturated carbocycles. The molecule has 0 saturated heterocycles. The summed E-state index contributed by atoms with van der Waals surface area (Å²) in [5.41, 5.74) is 3.11. The largest absolute Gasteiger partial charge is 0.355 e. The van der Waals surface area contributed by atoms with Gasteiger partial charge >= 0.3 is 0 Å². The van der Waals surface area contributed by atoms with Crippen molar-refractivity contribution < 1.29 is 18.0 Å². The van der Waals surface area contributed by atoms with Crippen LogP contribution >= 0.6 is 0 Å². The lowest BCUT2D eigenvalue weighted by molar-refractivity contribution is -0.140. The molecule has 2 aromatic rings. The summed E-state index contributed by atoms with van der Waals surface area (Å²) >= 11 is 0. The number of benzene rings is 2. The van der Waals surface area contributed by atoms with Gasteiger partial charge in [-0.3, -0.25) is 13.9 Å². The highest BCUT2D eigenvalue weighted by atomic mass is 32.2. The number of nitrogens with one attached hydrogen (secondary N) is 1. The van der Waals surface area contributed by atoms with E-state index in [1.807, 2.05) is 51.1 Å². The molecule has 0 bridgehead atoms. The maximum atomic E-state index is 13.5. The van der Waals surface area contributed by atoms with Crippen molar-refractivity contribution in [2.75, 3.05) is 23.7 Å². The molecule has 0 heterocycles. The van der Waals surface area contributed by atoms with Gasteiger partial charge < -0.3 is 10.2 Å². The number of aryl methyl sites for hydroxylation is 2. The van der Waals surface area contributed by atoms with Crippen LogP contribution in [0.4, 0.5) is 5.69 Å². The maximum Gasteiger partial charge on any atom is 0.244 e. The van der Waals surface area contributed by atoms with Crippen LogP contribution in [0.5, 0.6) is 0 Å². The monoisotopic (exact) mass is 459 g/mol. The van der Waals surface area contributed by atoms with Crippen molar-refractivity contribution in [1.82, 2.24) is 10.2 Å². The lowest BCUT2D eigenvalue weighted by atomic mass is 10.1. The third kappa shape index (κ3) is 6.56. The van der Waals surface area contributed by atoms with Gasteiger partial charge in [-0.25, -0.2) is 8.42 Å². The Kier molecular flexibility index (Phi) is 8.83. The van der Waals surface area contributed by atoms with Crippen LogP contribution in [0.25, 0.3) is 0 Å². The molecule has 2 aromatic carbocycles. The van der Waals surface area contributed by atoms with Gasteiger partial charge in [-0.1, -0.05) is 55.0 Å². The average molecular weight is 460 g/mol. The van der Waals surface area contributed by atoms with Crippen molar-refractivity contribution >= 4 is 27.5 Å². The molecule has 0 unspecified atom stereocenters. The normalized spacial score (nSPS) is 12.2. The Hall–Kier alpha value is -2.87. The van der Waals surface area contributed by atoms with E-state index in [0.29, 0.717) is 18.7 Å². The molecule has 0 aliphatic carbocycles. The Balaban J connectivity index is 2.45. The molecule has 174 valence electrons. The zero-order valence-corrected chi connectivity index (χ0v) is 20.3. The maximum absolute atomic E-state index is 13.5. The van der Waals surface area contributed by atoms with Crippen molar-refractivity contribution in [1.29, 1.82) is 0 Å². The van der Waals surface area contributed by atoms with Crippen LogP contribution in [0, 0.1) is 13.8 Å².